The average molecular weight is 224 g/mol. The van der Waals surface area contributed by atoms with Crippen LogP contribution in [0.5, 0.6) is 0 Å². The maximum absolute atomic E-state index is 5.70. The number of nitrogens with two attached hydrogens (primary N) is 1. The molecule has 0 amide bonds. The van der Waals surface area contributed by atoms with Gasteiger partial charge in [-0.2, -0.15) is 0 Å². The zero-order valence-corrected chi connectivity index (χ0v) is 9.64. The summed E-state index contributed by atoms with van der Waals surface area (Å²) in [5, 5.41) is 3.29. The molecule has 0 aliphatic rings. The van der Waals surface area contributed by atoms with Crippen molar-refractivity contribution < 1.29 is 0 Å². The van der Waals surface area contributed by atoms with Gasteiger partial charge in [0, 0.05) is 17.9 Å². The van der Waals surface area contributed by atoms with E-state index in [1.165, 1.54) is 5.56 Å². The molecule has 0 aliphatic carbocycles. The van der Waals surface area contributed by atoms with E-state index in [-0.39, 0.29) is 0 Å². The summed E-state index contributed by atoms with van der Waals surface area (Å²) in [7, 11) is 0. The summed E-state index contributed by atoms with van der Waals surface area (Å²) >= 11 is 0. The van der Waals surface area contributed by atoms with E-state index in [4.69, 9.17) is 5.73 Å². The standard InChI is InChI=1S/C15H16N2/c16-14-9-4-10-15(12-14)17-11-5-8-13-6-2-1-3-7-13/h1-10,12,17H,11,16H2. The third-order valence-electron chi connectivity index (χ3n) is 2.42. The number of hydrogen-bond donors (Lipinski definition) is 2. The van der Waals surface area contributed by atoms with Crippen LogP contribution in [0.3, 0.4) is 0 Å². The summed E-state index contributed by atoms with van der Waals surface area (Å²) in [6.45, 7) is 0.790. The van der Waals surface area contributed by atoms with E-state index in [0.717, 1.165) is 17.9 Å². The van der Waals surface area contributed by atoms with E-state index in [0.29, 0.717) is 0 Å². The van der Waals surface area contributed by atoms with Crippen LogP contribution in [0.15, 0.2) is 60.7 Å². The van der Waals surface area contributed by atoms with Crippen LogP contribution >= 0.6 is 0 Å². The van der Waals surface area contributed by atoms with Gasteiger partial charge in [-0.3, -0.25) is 0 Å². The van der Waals surface area contributed by atoms with Gasteiger partial charge in [-0.1, -0.05) is 48.6 Å². The maximum Gasteiger partial charge on any atom is 0.0363 e. The van der Waals surface area contributed by atoms with Crippen molar-refractivity contribution in [3.63, 3.8) is 0 Å². The van der Waals surface area contributed by atoms with Crippen molar-refractivity contribution in [2.45, 2.75) is 0 Å². The lowest BCUT2D eigenvalue weighted by molar-refractivity contribution is 1.34. The van der Waals surface area contributed by atoms with Crippen LogP contribution in [-0.4, -0.2) is 6.54 Å². The predicted molar refractivity (Wildman–Crippen MR) is 74.8 cm³/mol. The molecule has 0 bridgehead atoms. The summed E-state index contributed by atoms with van der Waals surface area (Å²) in [6, 6.07) is 18.0. The zero-order chi connectivity index (χ0) is 11.9. The van der Waals surface area contributed by atoms with Gasteiger partial charge >= 0.3 is 0 Å². The molecule has 0 unspecified atom stereocenters. The van der Waals surface area contributed by atoms with Crippen LogP contribution in [0.4, 0.5) is 11.4 Å². The fourth-order valence-electron chi connectivity index (χ4n) is 1.58. The summed E-state index contributed by atoms with van der Waals surface area (Å²) in [5.74, 6) is 0. The summed E-state index contributed by atoms with van der Waals surface area (Å²) in [6.07, 6.45) is 4.19. The van der Waals surface area contributed by atoms with Crippen LogP contribution < -0.4 is 11.1 Å². The van der Waals surface area contributed by atoms with Crippen molar-refractivity contribution in [1.29, 1.82) is 0 Å². The van der Waals surface area contributed by atoms with Crippen LogP contribution in [0.2, 0.25) is 0 Å². The first-order valence-electron chi connectivity index (χ1n) is 5.65. The normalized spacial score (nSPS) is 10.6. The second kappa shape index (κ2) is 5.75. The lowest BCUT2D eigenvalue weighted by atomic mass is 10.2. The fourth-order valence-corrected chi connectivity index (χ4v) is 1.58. The van der Waals surface area contributed by atoms with Crippen molar-refractivity contribution in [2.24, 2.45) is 0 Å². The summed E-state index contributed by atoms with van der Waals surface area (Å²) in [4.78, 5) is 0. The van der Waals surface area contributed by atoms with Gasteiger partial charge in [0.15, 0.2) is 0 Å². The minimum Gasteiger partial charge on any atom is -0.399 e. The second-order valence-electron chi connectivity index (χ2n) is 3.82. The van der Waals surface area contributed by atoms with E-state index >= 15 is 0 Å². The van der Waals surface area contributed by atoms with Gasteiger partial charge in [-0.05, 0) is 23.8 Å². The lowest BCUT2D eigenvalue weighted by Gasteiger charge is -2.03. The molecule has 0 heterocycles. The largest absolute Gasteiger partial charge is 0.399 e. The molecule has 2 aromatic carbocycles. The van der Waals surface area contributed by atoms with E-state index in [9.17, 15) is 0 Å². The van der Waals surface area contributed by atoms with Crippen molar-refractivity contribution in [1.82, 2.24) is 0 Å². The van der Waals surface area contributed by atoms with Crippen LogP contribution in [0.1, 0.15) is 5.56 Å². The highest BCUT2D eigenvalue weighted by atomic mass is 14.9. The SMILES string of the molecule is Nc1cccc(NCC=Cc2ccccc2)c1. The van der Waals surface area contributed by atoms with Crippen molar-refractivity contribution >= 4 is 17.5 Å². The Bertz CT molecular complexity index is 489. The molecular weight excluding hydrogens is 208 g/mol. The minimum atomic E-state index is 0.780. The molecule has 2 heteroatoms. The van der Waals surface area contributed by atoms with Crippen molar-refractivity contribution in [3.05, 3.63) is 66.2 Å². The van der Waals surface area contributed by atoms with E-state index in [1.807, 2.05) is 42.5 Å². The van der Waals surface area contributed by atoms with Gasteiger partial charge in [0.2, 0.25) is 0 Å². The topological polar surface area (TPSA) is 38.0 Å². The Hall–Kier alpha value is -2.22. The molecule has 0 saturated heterocycles. The number of nitrogens with one attached hydrogen (secondary N) is 1. The van der Waals surface area contributed by atoms with Gasteiger partial charge in [-0.15, -0.1) is 0 Å². The molecule has 0 aromatic heterocycles. The molecule has 0 radical (unpaired) electrons. The van der Waals surface area contributed by atoms with Crippen LogP contribution in [0, 0.1) is 0 Å². The molecule has 3 N–H and O–H groups in total. The Kier molecular flexibility index (Phi) is 3.81. The molecule has 0 saturated carbocycles. The lowest BCUT2D eigenvalue weighted by Crippen LogP contribution is -1.98. The molecule has 2 rings (SSSR count). The average Bonchev–Trinajstić information content (AvgIpc) is 2.36. The van der Waals surface area contributed by atoms with Gasteiger partial charge in [-0.25, -0.2) is 0 Å². The third kappa shape index (κ3) is 3.68. The smallest absolute Gasteiger partial charge is 0.0363 e. The van der Waals surface area contributed by atoms with E-state index in [2.05, 4.69) is 29.6 Å². The Morgan fingerprint density at radius 3 is 2.59 bits per heavy atom. The Morgan fingerprint density at radius 2 is 1.82 bits per heavy atom. The van der Waals surface area contributed by atoms with Gasteiger partial charge < -0.3 is 11.1 Å². The quantitative estimate of drug-likeness (QED) is 0.781. The zero-order valence-electron chi connectivity index (χ0n) is 9.64. The second-order valence-corrected chi connectivity index (χ2v) is 3.82. The summed E-state index contributed by atoms with van der Waals surface area (Å²) < 4.78 is 0. The molecule has 2 nitrogen and oxygen atoms in total. The first-order valence-corrected chi connectivity index (χ1v) is 5.65. The van der Waals surface area contributed by atoms with E-state index in [1.54, 1.807) is 0 Å². The highest BCUT2D eigenvalue weighted by molar-refractivity contribution is 5.55. The first-order chi connectivity index (χ1) is 8.34. The molecule has 0 spiro atoms. The maximum atomic E-state index is 5.70. The molecule has 0 atom stereocenters. The van der Waals surface area contributed by atoms with Crippen molar-refractivity contribution in [3.8, 4) is 0 Å². The van der Waals surface area contributed by atoms with Crippen molar-refractivity contribution in [2.75, 3.05) is 17.6 Å². The van der Waals surface area contributed by atoms with Gasteiger partial charge in [0.05, 0.1) is 0 Å². The van der Waals surface area contributed by atoms with E-state index < -0.39 is 0 Å². The first kappa shape index (κ1) is 11.3. The molecule has 17 heavy (non-hydrogen) atoms. The Balaban J connectivity index is 1.86. The number of nitrogen functional groups attached to an aromatic ring is 1. The van der Waals surface area contributed by atoms with Crippen LogP contribution in [-0.2, 0) is 0 Å². The number of hydrogen-bond acceptors (Lipinski definition) is 2. The molecule has 2 aromatic rings. The van der Waals surface area contributed by atoms with Crippen LogP contribution in [0.25, 0.3) is 6.08 Å². The highest BCUT2D eigenvalue weighted by Crippen LogP contribution is 2.11. The molecular formula is C15H16N2. The van der Waals surface area contributed by atoms with Gasteiger partial charge in [0.25, 0.3) is 0 Å². The molecule has 86 valence electrons. The third-order valence-corrected chi connectivity index (χ3v) is 2.42. The number of benzene rings is 2. The fraction of sp³-hybridized carbons (Fsp3) is 0.0667. The molecule has 0 fully saturated rings. The number of rotatable bonds is 4. The molecule has 0 aliphatic heterocycles. The monoisotopic (exact) mass is 224 g/mol. The number of anilines is 2. The highest BCUT2D eigenvalue weighted by Gasteiger charge is 1.89. The van der Waals surface area contributed by atoms with Gasteiger partial charge in [0.1, 0.15) is 0 Å². The predicted octanol–water partition coefficient (Wildman–Crippen LogP) is 3.39. The Labute approximate surface area is 102 Å². The summed E-state index contributed by atoms with van der Waals surface area (Å²) in [5.41, 5.74) is 8.73. The minimum absolute atomic E-state index is 0.780. The Morgan fingerprint density at radius 1 is 1.00 bits per heavy atom.